The molecule has 21 heavy (non-hydrogen) atoms. The summed E-state index contributed by atoms with van der Waals surface area (Å²) in [7, 11) is 0. The molecule has 2 unspecified atom stereocenters. The van der Waals surface area contributed by atoms with E-state index in [-0.39, 0.29) is 0 Å². The zero-order valence-electron chi connectivity index (χ0n) is 13.6. The van der Waals surface area contributed by atoms with Crippen LogP contribution in [0.25, 0.3) is 0 Å². The summed E-state index contributed by atoms with van der Waals surface area (Å²) in [4.78, 5) is 7.39. The fourth-order valence-electron chi connectivity index (χ4n) is 4.00. The van der Waals surface area contributed by atoms with E-state index in [2.05, 4.69) is 29.5 Å². The van der Waals surface area contributed by atoms with Crippen LogP contribution in [0.5, 0.6) is 0 Å². The number of hydrogen-bond donors (Lipinski definition) is 1. The van der Waals surface area contributed by atoms with E-state index in [4.69, 9.17) is 10.7 Å². The number of imidazole rings is 1. The Balaban J connectivity index is 1.86. The first-order valence-electron chi connectivity index (χ1n) is 8.71. The number of aryl methyl sites for hydroxylation is 1. The van der Waals surface area contributed by atoms with Gasteiger partial charge >= 0.3 is 0 Å². The van der Waals surface area contributed by atoms with E-state index < -0.39 is 0 Å². The molecule has 0 spiro atoms. The topological polar surface area (TPSA) is 47.1 Å². The second kappa shape index (κ2) is 6.39. The molecule has 1 aliphatic carbocycles. The van der Waals surface area contributed by atoms with Crippen LogP contribution in [0.15, 0.2) is 6.20 Å². The third-order valence-electron chi connectivity index (χ3n) is 5.37. The molecule has 0 aromatic carbocycles. The van der Waals surface area contributed by atoms with E-state index >= 15 is 0 Å². The fraction of sp³-hybridized carbons (Fsp3) is 0.824. The number of nitrogens with zero attached hydrogens (tertiary/aromatic N) is 3. The summed E-state index contributed by atoms with van der Waals surface area (Å²) in [5, 5.41) is 0. The van der Waals surface area contributed by atoms with Crippen LogP contribution in [0.1, 0.15) is 63.6 Å². The zero-order valence-corrected chi connectivity index (χ0v) is 13.6. The maximum Gasteiger partial charge on any atom is 0.206 e. The lowest BCUT2D eigenvalue weighted by Crippen LogP contribution is -2.45. The van der Waals surface area contributed by atoms with Crippen LogP contribution < -0.4 is 10.6 Å². The van der Waals surface area contributed by atoms with Crippen molar-refractivity contribution < 1.29 is 0 Å². The van der Waals surface area contributed by atoms with Crippen molar-refractivity contribution in [2.75, 3.05) is 18.0 Å². The lowest BCUT2D eigenvalue weighted by Gasteiger charge is -2.39. The van der Waals surface area contributed by atoms with Gasteiger partial charge in [0, 0.05) is 24.8 Å². The molecule has 0 bridgehead atoms. The molecule has 1 saturated heterocycles. The summed E-state index contributed by atoms with van der Waals surface area (Å²) < 4.78 is 2.48. The Bertz CT molecular complexity index is 461. The van der Waals surface area contributed by atoms with Gasteiger partial charge in [-0.25, -0.2) is 4.98 Å². The van der Waals surface area contributed by atoms with E-state index in [9.17, 15) is 0 Å². The van der Waals surface area contributed by atoms with E-state index in [1.807, 2.05) is 0 Å². The molecular formula is C17H30N4. The van der Waals surface area contributed by atoms with Crippen LogP contribution >= 0.6 is 0 Å². The summed E-state index contributed by atoms with van der Waals surface area (Å²) in [5.41, 5.74) is 7.07. The summed E-state index contributed by atoms with van der Waals surface area (Å²) in [6.07, 6.45) is 11.5. The number of rotatable bonds is 3. The van der Waals surface area contributed by atoms with Crippen LogP contribution in [0.2, 0.25) is 0 Å². The Morgan fingerprint density at radius 3 is 2.67 bits per heavy atom. The summed E-state index contributed by atoms with van der Waals surface area (Å²) in [6, 6.07) is 1.23. The lowest BCUT2D eigenvalue weighted by molar-refractivity contribution is 0.334. The maximum atomic E-state index is 5.92. The number of anilines is 1. The van der Waals surface area contributed by atoms with Gasteiger partial charge < -0.3 is 15.2 Å². The number of hydrogen-bond acceptors (Lipinski definition) is 3. The van der Waals surface area contributed by atoms with Crippen LogP contribution in [-0.2, 0) is 0 Å². The van der Waals surface area contributed by atoms with Crippen molar-refractivity contribution in [1.82, 2.24) is 9.55 Å². The molecule has 2 N–H and O–H groups in total. The van der Waals surface area contributed by atoms with Crippen molar-refractivity contribution >= 4 is 5.95 Å². The van der Waals surface area contributed by atoms with Gasteiger partial charge in [-0.15, -0.1) is 0 Å². The SMILES string of the molecule is Cc1cn(C2CCCCC2)c(N2CC(CN)CCC2C)n1. The van der Waals surface area contributed by atoms with Crippen molar-refractivity contribution in [3.8, 4) is 0 Å². The monoisotopic (exact) mass is 290 g/mol. The lowest BCUT2D eigenvalue weighted by atomic mass is 9.93. The molecule has 3 rings (SSSR count). The Morgan fingerprint density at radius 1 is 1.19 bits per heavy atom. The van der Waals surface area contributed by atoms with Crippen LogP contribution in [-0.4, -0.2) is 28.7 Å². The Morgan fingerprint density at radius 2 is 1.95 bits per heavy atom. The summed E-state index contributed by atoms with van der Waals surface area (Å²) >= 11 is 0. The molecule has 2 fully saturated rings. The molecule has 0 radical (unpaired) electrons. The molecule has 4 heteroatoms. The Labute approximate surface area is 128 Å². The molecule has 1 saturated carbocycles. The highest BCUT2D eigenvalue weighted by molar-refractivity contribution is 5.36. The molecular weight excluding hydrogens is 260 g/mol. The third kappa shape index (κ3) is 3.10. The number of nitrogens with two attached hydrogens (primary N) is 1. The van der Waals surface area contributed by atoms with Gasteiger partial charge in [0.15, 0.2) is 0 Å². The van der Waals surface area contributed by atoms with Crippen molar-refractivity contribution in [2.45, 2.75) is 70.9 Å². The highest BCUT2D eigenvalue weighted by Crippen LogP contribution is 2.34. The average Bonchev–Trinajstić information content (AvgIpc) is 2.90. The molecule has 2 atom stereocenters. The van der Waals surface area contributed by atoms with E-state index in [1.165, 1.54) is 50.9 Å². The van der Waals surface area contributed by atoms with Crippen molar-refractivity contribution in [1.29, 1.82) is 0 Å². The molecule has 4 nitrogen and oxygen atoms in total. The first kappa shape index (κ1) is 14.9. The second-order valence-corrected chi connectivity index (χ2v) is 7.06. The number of aromatic nitrogens is 2. The van der Waals surface area contributed by atoms with E-state index in [0.29, 0.717) is 18.0 Å². The highest BCUT2D eigenvalue weighted by atomic mass is 15.3. The minimum absolute atomic E-state index is 0.581. The van der Waals surface area contributed by atoms with Gasteiger partial charge in [0.1, 0.15) is 0 Å². The highest BCUT2D eigenvalue weighted by Gasteiger charge is 2.29. The van der Waals surface area contributed by atoms with Gasteiger partial charge in [-0.05, 0) is 52.0 Å². The van der Waals surface area contributed by atoms with E-state index in [1.54, 1.807) is 0 Å². The average molecular weight is 290 g/mol. The fourth-order valence-corrected chi connectivity index (χ4v) is 4.00. The molecule has 2 aliphatic rings. The normalized spacial score (nSPS) is 28.0. The third-order valence-corrected chi connectivity index (χ3v) is 5.37. The van der Waals surface area contributed by atoms with Gasteiger partial charge in [-0.2, -0.15) is 0 Å². The molecule has 1 aliphatic heterocycles. The first-order chi connectivity index (χ1) is 10.2. The maximum absolute atomic E-state index is 5.92. The van der Waals surface area contributed by atoms with Crippen LogP contribution in [0, 0.1) is 12.8 Å². The summed E-state index contributed by atoms with van der Waals surface area (Å²) in [5.74, 6) is 1.82. The minimum Gasteiger partial charge on any atom is -0.339 e. The molecule has 118 valence electrons. The molecule has 2 heterocycles. The van der Waals surface area contributed by atoms with E-state index in [0.717, 1.165) is 18.8 Å². The van der Waals surface area contributed by atoms with Crippen LogP contribution in [0.3, 0.4) is 0 Å². The predicted octanol–water partition coefficient (Wildman–Crippen LogP) is 3.26. The standard InChI is InChI=1S/C17H30N4/c1-13-11-21(16-6-4-3-5-7-16)17(19-13)20-12-15(10-18)9-8-14(20)2/h11,14-16H,3-10,12,18H2,1-2H3. The summed E-state index contributed by atoms with van der Waals surface area (Å²) in [6.45, 7) is 6.33. The second-order valence-electron chi connectivity index (χ2n) is 7.06. The van der Waals surface area contributed by atoms with Gasteiger partial charge in [0.2, 0.25) is 5.95 Å². The van der Waals surface area contributed by atoms with Crippen molar-refractivity contribution in [2.24, 2.45) is 11.7 Å². The Kier molecular flexibility index (Phi) is 4.53. The predicted molar refractivity (Wildman–Crippen MR) is 87.7 cm³/mol. The molecule has 1 aromatic rings. The zero-order chi connectivity index (χ0) is 14.8. The quantitative estimate of drug-likeness (QED) is 0.929. The minimum atomic E-state index is 0.581. The molecule has 0 amide bonds. The van der Waals surface area contributed by atoms with Gasteiger partial charge in [0.25, 0.3) is 0 Å². The van der Waals surface area contributed by atoms with Crippen LogP contribution in [0.4, 0.5) is 5.95 Å². The first-order valence-corrected chi connectivity index (χ1v) is 8.71. The van der Waals surface area contributed by atoms with Crippen molar-refractivity contribution in [3.63, 3.8) is 0 Å². The molecule has 1 aromatic heterocycles. The Hall–Kier alpha value is -1.03. The van der Waals surface area contributed by atoms with Gasteiger partial charge in [-0.3, -0.25) is 0 Å². The van der Waals surface area contributed by atoms with Gasteiger partial charge in [0.05, 0.1) is 5.69 Å². The smallest absolute Gasteiger partial charge is 0.206 e. The number of piperidine rings is 1. The van der Waals surface area contributed by atoms with Gasteiger partial charge in [-0.1, -0.05) is 19.3 Å². The van der Waals surface area contributed by atoms with Crippen molar-refractivity contribution in [3.05, 3.63) is 11.9 Å². The largest absolute Gasteiger partial charge is 0.339 e.